The molecular formula is C16H14ClFN2O3. The summed E-state index contributed by atoms with van der Waals surface area (Å²) in [4.78, 5) is 37.6. The summed E-state index contributed by atoms with van der Waals surface area (Å²) in [7, 11) is 0. The van der Waals surface area contributed by atoms with Gasteiger partial charge < -0.3 is 5.32 Å². The average molecular weight is 337 g/mol. The first-order valence-corrected chi connectivity index (χ1v) is 7.60. The minimum Gasteiger partial charge on any atom is -0.323 e. The molecule has 1 aromatic carbocycles. The summed E-state index contributed by atoms with van der Waals surface area (Å²) in [5.41, 5.74) is 0.233. The van der Waals surface area contributed by atoms with Gasteiger partial charge in [-0.25, -0.2) is 4.39 Å². The van der Waals surface area contributed by atoms with Crippen LogP contribution in [0, 0.1) is 17.7 Å². The molecule has 3 rings (SSSR count). The minimum absolute atomic E-state index is 0.0512. The standard InChI is InChI=1S/C16H14ClFN2O3/c17-12-7-9(18)5-6-13(12)19-14(21)8-20-15(22)10-3-1-2-4-11(10)16(20)23/h1-2,5-7,10-11H,3-4,8H2,(H,19,21)/t10-,11+. The summed E-state index contributed by atoms with van der Waals surface area (Å²) >= 11 is 5.84. The third-order valence-electron chi connectivity index (χ3n) is 4.11. The Kier molecular flexibility index (Phi) is 4.17. The molecule has 7 heteroatoms. The molecule has 23 heavy (non-hydrogen) atoms. The number of anilines is 1. The number of hydrogen-bond acceptors (Lipinski definition) is 3. The van der Waals surface area contributed by atoms with Crippen molar-refractivity contribution in [1.82, 2.24) is 4.90 Å². The van der Waals surface area contributed by atoms with Crippen LogP contribution in [-0.4, -0.2) is 29.2 Å². The molecule has 1 N–H and O–H groups in total. The number of carbonyl (C=O) groups excluding carboxylic acids is 3. The van der Waals surface area contributed by atoms with Crippen molar-refractivity contribution >= 4 is 35.0 Å². The van der Waals surface area contributed by atoms with Gasteiger partial charge in [-0.15, -0.1) is 0 Å². The van der Waals surface area contributed by atoms with Crippen molar-refractivity contribution in [1.29, 1.82) is 0 Å². The number of allylic oxidation sites excluding steroid dienone is 2. The SMILES string of the molecule is O=C(CN1C(=O)[C@H]2CC=CC[C@H]2C1=O)Nc1ccc(F)cc1Cl. The maximum absolute atomic E-state index is 13.0. The molecule has 0 aromatic heterocycles. The molecule has 1 aromatic rings. The quantitative estimate of drug-likeness (QED) is 0.680. The first-order valence-electron chi connectivity index (χ1n) is 7.22. The number of nitrogens with one attached hydrogen (secondary N) is 1. The van der Waals surface area contributed by atoms with Crippen LogP contribution >= 0.6 is 11.6 Å². The smallest absolute Gasteiger partial charge is 0.244 e. The molecule has 3 amide bonds. The van der Waals surface area contributed by atoms with Gasteiger partial charge in [-0.2, -0.15) is 0 Å². The maximum Gasteiger partial charge on any atom is 0.244 e. The Labute approximate surface area is 137 Å². The lowest BCUT2D eigenvalue weighted by Gasteiger charge is -2.15. The Hall–Kier alpha value is -2.21. The van der Waals surface area contributed by atoms with Crippen molar-refractivity contribution in [3.8, 4) is 0 Å². The van der Waals surface area contributed by atoms with Gasteiger partial charge in [-0.3, -0.25) is 19.3 Å². The van der Waals surface area contributed by atoms with Crippen molar-refractivity contribution in [2.45, 2.75) is 12.8 Å². The zero-order valence-electron chi connectivity index (χ0n) is 12.1. The first kappa shape index (κ1) is 15.7. The van der Waals surface area contributed by atoms with Crippen LogP contribution in [0.3, 0.4) is 0 Å². The molecule has 2 aliphatic rings. The van der Waals surface area contributed by atoms with Gasteiger partial charge in [0.1, 0.15) is 12.4 Å². The lowest BCUT2D eigenvalue weighted by atomic mass is 9.85. The number of carbonyl (C=O) groups is 3. The Morgan fingerprint density at radius 1 is 1.22 bits per heavy atom. The zero-order chi connectivity index (χ0) is 16.6. The second kappa shape index (κ2) is 6.12. The first-order chi connectivity index (χ1) is 11.0. The zero-order valence-corrected chi connectivity index (χ0v) is 12.8. The molecule has 120 valence electrons. The Morgan fingerprint density at radius 2 is 1.83 bits per heavy atom. The van der Waals surface area contributed by atoms with E-state index in [0.717, 1.165) is 17.0 Å². The highest BCUT2D eigenvalue weighted by Gasteiger charge is 2.47. The number of imide groups is 1. The molecule has 1 aliphatic heterocycles. The van der Waals surface area contributed by atoms with E-state index in [2.05, 4.69) is 5.32 Å². The van der Waals surface area contributed by atoms with Gasteiger partial charge in [0.25, 0.3) is 0 Å². The molecule has 0 spiro atoms. The van der Waals surface area contributed by atoms with Crippen LogP contribution in [0.5, 0.6) is 0 Å². The van der Waals surface area contributed by atoms with Crippen LogP contribution in [0.2, 0.25) is 5.02 Å². The van der Waals surface area contributed by atoms with Crippen molar-refractivity contribution in [3.05, 3.63) is 41.2 Å². The number of rotatable bonds is 3. The van der Waals surface area contributed by atoms with Crippen LogP contribution in [0.25, 0.3) is 0 Å². The molecule has 1 heterocycles. The number of benzene rings is 1. The van der Waals surface area contributed by atoms with Crippen LogP contribution in [0.4, 0.5) is 10.1 Å². The molecule has 1 aliphatic carbocycles. The summed E-state index contributed by atoms with van der Waals surface area (Å²) in [6, 6.07) is 3.56. The highest BCUT2D eigenvalue weighted by atomic mass is 35.5. The van der Waals surface area contributed by atoms with Crippen molar-refractivity contribution < 1.29 is 18.8 Å². The van der Waals surface area contributed by atoms with E-state index in [4.69, 9.17) is 11.6 Å². The van der Waals surface area contributed by atoms with E-state index in [1.165, 1.54) is 6.07 Å². The number of fused-ring (bicyclic) bond motifs is 1. The van der Waals surface area contributed by atoms with Crippen molar-refractivity contribution in [2.24, 2.45) is 11.8 Å². The lowest BCUT2D eigenvalue weighted by molar-refractivity contribution is -0.142. The monoisotopic (exact) mass is 336 g/mol. The molecule has 2 atom stereocenters. The highest BCUT2D eigenvalue weighted by molar-refractivity contribution is 6.33. The predicted molar refractivity (Wildman–Crippen MR) is 82.1 cm³/mol. The van der Waals surface area contributed by atoms with Gasteiger partial charge in [-0.05, 0) is 31.0 Å². The van der Waals surface area contributed by atoms with E-state index in [1.807, 2.05) is 12.2 Å². The molecule has 5 nitrogen and oxygen atoms in total. The third-order valence-corrected chi connectivity index (χ3v) is 4.42. The van der Waals surface area contributed by atoms with E-state index in [0.29, 0.717) is 12.8 Å². The van der Waals surface area contributed by atoms with Gasteiger partial charge in [0.2, 0.25) is 17.7 Å². The predicted octanol–water partition coefficient (Wildman–Crippen LogP) is 2.37. The van der Waals surface area contributed by atoms with Crippen molar-refractivity contribution in [2.75, 3.05) is 11.9 Å². The second-order valence-electron chi connectivity index (χ2n) is 5.59. The van der Waals surface area contributed by atoms with Crippen LogP contribution in [-0.2, 0) is 14.4 Å². The topological polar surface area (TPSA) is 66.5 Å². The van der Waals surface area contributed by atoms with Gasteiger partial charge >= 0.3 is 0 Å². The number of likely N-dealkylation sites (tertiary alicyclic amines) is 1. The Bertz CT molecular complexity index is 693. The number of hydrogen-bond donors (Lipinski definition) is 1. The van der Waals surface area contributed by atoms with Gasteiger partial charge in [0.05, 0.1) is 22.5 Å². The second-order valence-corrected chi connectivity index (χ2v) is 6.00. The molecular weight excluding hydrogens is 323 g/mol. The lowest BCUT2D eigenvalue weighted by Crippen LogP contribution is -2.38. The van der Waals surface area contributed by atoms with E-state index in [9.17, 15) is 18.8 Å². The third kappa shape index (κ3) is 2.99. The normalized spacial score (nSPS) is 23.1. The van der Waals surface area contributed by atoms with Crippen LogP contribution in [0.1, 0.15) is 12.8 Å². The molecule has 1 fully saturated rings. The molecule has 0 bridgehead atoms. The molecule has 0 saturated carbocycles. The molecule has 0 unspecified atom stereocenters. The Balaban J connectivity index is 1.68. The van der Waals surface area contributed by atoms with Gasteiger partial charge in [0, 0.05) is 0 Å². The maximum atomic E-state index is 13.0. The number of halogens is 2. The van der Waals surface area contributed by atoms with Crippen LogP contribution < -0.4 is 5.32 Å². The van der Waals surface area contributed by atoms with Crippen molar-refractivity contribution in [3.63, 3.8) is 0 Å². The fourth-order valence-electron chi connectivity index (χ4n) is 2.95. The summed E-state index contributed by atoms with van der Waals surface area (Å²) in [5.74, 6) is -2.43. The average Bonchev–Trinajstić information content (AvgIpc) is 2.76. The molecule has 0 radical (unpaired) electrons. The van der Waals surface area contributed by atoms with E-state index >= 15 is 0 Å². The summed E-state index contributed by atoms with van der Waals surface area (Å²) in [6.45, 7) is -0.363. The van der Waals surface area contributed by atoms with E-state index in [-0.39, 0.29) is 40.9 Å². The summed E-state index contributed by atoms with van der Waals surface area (Å²) in [5, 5.41) is 2.54. The van der Waals surface area contributed by atoms with E-state index < -0.39 is 11.7 Å². The largest absolute Gasteiger partial charge is 0.323 e. The fourth-order valence-corrected chi connectivity index (χ4v) is 3.16. The Morgan fingerprint density at radius 3 is 2.39 bits per heavy atom. The summed E-state index contributed by atoms with van der Waals surface area (Å²) in [6.07, 6.45) is 4.82. The van der Waals surface area contributed by atoms with Gasteiger partial charge in [0.15, 0.2) is 0 Å². The van der Waals surface area contributed by atoms with Gasteiger partial charge in [-0.1, -0.05) is 23.8 Å². The minimum atomic E-state index is -0.549. The van der Waals surface area contributed by atoms with Crippen LogP contribution in [0.15, 0.2) is 30.4 Å². The number of nitrogens with zero attached hydrogens (tertiary/aromatic N) is 1. The highest BCUT2D eigenvalue weighted by Crippen LogP contribution is 2.34. The summed E-state index contributed by atoms with van der Waals surface area (Å²) < 4.78 is 13.0. The fraction of sp³-hybridized carbons (Fsp3) is 0.312. The number of amides is 3. The van der Waals surface area contributed by atoms with E-state index in [1.54, 1.807) is 0 Å². The molecule has 1 saturated heterocycles.